The Kier molecular flexibility index (Phi) is 4.74. The van der Waals surface area contributed by atoms with E-state index in [1.165, 1.54) is 25.0 Å². The lowest BCUT2D eigenvalue weighted by atomic mass is 9.91. The summed E-state index contributed by atoms with van der Waals surface area (Å²) in [6.45, 7) is 5.21. The number of benzene rings is 1. The molecule has 0 aliphatic heterocycles. The highest BCUT2D eigenvalue weighted by Crippen LogP contribution is 2.39. The second-order valence-electron chi connectivity index (χ2n) is 5.76. The van der Waals surface area contributed by atoms with Gasteiger partial charge in [0.05, 0.1) is 5.56 Å². The Morgan fingerprint density at radius 1 is 1.20 bits per heavy atom. The second kappa shape index (κ2) is 6.17. The maximum atomic E-state index is 12.5. The molecule has 2 atom stereocenters. The molecule has 0 radical (unpaired) electrons. The first kappa shape index (κ1) is 15.4. The Labute approximate surface area is 118 Å². The zero-order valence-electron chi connectivity index (χ0n) is 12.0. The number of likely N-dealkylation sites (N-methyl/N-ethyl adjacent to an activating group) is 1. The van der Waals surface area contributed by atoms with Crippen molar-refractivity contribution in [3.63, 3.8) is 0 Å². The van der Waals surface area contributed by atoms with Crippen LogP contribution in [0.15, 0.2) is 24.3 Å². The van der Waals surface area contributed by atoms with Crippen LogP contribution >= 0.6 is 0 Å². The van der Waals surface area contributed by atoms with Gasteiger partial charge in [0.15, 0.2) is 0 Å². The molecule has 112 valence electrons. The van der Waals surface area contributed by atoms with Crippen molar-refractivity contribution in [2.45, 2.75) is 45.3 Å². The fraction of sp³-hybridized carbons (Fsp3) is 0.625. The fourth-order valence-electron chi connectivity index (χ4n) is 2.74. The molecule has 1 aliphatic carbocycles. The van der Waals surface area contributed by atoms with E-state index in [-0.39, 0.29) is 0 Å². The Bertz CT molecular complexity index is 420. The van der Waals surface area contributed by atoms with Gasteiger partial charge < -0.3 is 5.32 Å². The van der Waals surface area contributed by atoms with Crippen molar-refractivity contribution in [2.75, 3.05) is 6.54 Å². The van der Waals surface area contributed by atoms with Crippen LogP contribution in [0, 0.1) is 11.8 Å². The van der Waals surface area contributed by atoms with Crippen molar-refractivity contribution >= 4 is 0 Å². The van der Waals surface area contributed by atoms with Gasteiger partial charge in [0.25, 0.3) is 0 Å². The Morgan fingerprint density at radius 3 is 2.25 bits per heavy atom. The summed E-state index contributed by atoms with van der Waals surface area (Å²) >= 11 is 0. The lowest BCUT2D eigenvalue weighted by Crippen LogP contribution is -2.37. The van der Waals surface area contributed by atoms with Crippen LogP contribution in [-0.4, -0.2) is 12.6 Å². The third kappa shape index (κ3) is 3.98. The number of alkyl halides is 3. The first-order chi connectivity index (χ1) is 9.41. The molecule has 0 amide bonds. The van der Waals surface area contributed by atoms with E-state index in [4.69, 9.17) is 0 Å². The van der Waals surface area contributed by atoms with Crippen molar-refractivity contribution < 1.29 is 13.2 Å². The van der Waals surface area contributed by atoms with E-state index in [9.17, 15) is 13.2 Å². The van der Waals surface area contributed by atoms with Gasteiger partial charge in [-0.15, -0.1) is 0 Å². The molecule has 1 aliphatic rings. The second-order valence-corrected chi connectivity index (χ2v) is 5.76. The zero-order valence-corrected chi connectivity index (χ0v) is 12.0. The summed E-state index contributed by atoms with van der Waals surface area (Å²) in [6, 6.07) is 5.92. The number of halogens is 3. The molecule has 0 heterocycles. The van der Waals surface area contributed by atoms with E-state index in [2.05, 4.69) is 19.2 Å². The molecule has 0 saturated heterocycles. The smallest absolute Gasteiger partial charge is 0.314 e. The van der Waals surface area contributed by atoms with E-state index >= 15 is 0 Å². The summed E-state index contributed by atoms with van der Waals surface area (Å²) in [5.41, 5.74) is 0.396. The number of nitrogens with one attached hydrogen (secondary N) is 1. The third-order valence-corrected chi connectivity index (χ3v) is 4.20. The minimum atomic E-state index is -4.25. The molecule has 1 nitrogen and oxygen atoms in total. The Morgan fingerprint density at radius 2 is 1.80 bits per heavy atom. The molecule has 2 rings (SSSR count). The average Bonchev–Trinajstić information content (AvgIpc) is 3.21. The summed E-state index contributed by atoms with van der Waals surface area (Å²) in [5, 5.41) is 3.47. The fourth-order valence-corrected chi connectivity index (χ4v) is 2.74. The molecular formula is C16H22F3N. The van der Waals surface area contributed by atoms with Crippen molar-refractivity contribution in [2.24, 2.45) is 11.8 Å². The Balaban J connectivity index is 2.02. The van der Waals surface area contributed by atoms with Gasteiger partial charge >= 0.3 is 6.18 Å². The molecule has 2 unspecified atom stereocenters. The van der Waals surface area contributed by atoms with Crippen LogP contribution in [-0.2, 0) is 12.6 Å². The summed E-state index contributed by atoms with van der Waals surface area (Å²) in [7, 11) is 0. The third-order valence-electron chi connectivity index (χ3n) is 4.20. The van der Waals surface area contributed by atoms with Gasteiger partial charge in [-0.1, -0.05) is 26.0 Å². The molecule has 0 aromatic heterocycles. The lowest BCUT2D eigenvalue weighted by Gasteiger charge is -2.25. The van der Waals surface area contributed by atoms with Crippen LogP contribution < -0.4 is 5.32 Å². The highest BCUT2D eigenvalue weighted by atomic mass is 19.4. The van der Waals surface area contributed by atoms with E-state index in [0.717, 1.165) is 24.4 Å². The quantitative estimate of drug-likeness (QED) is 0.823. The minimum Gasteiger partial charge on any atom is -0.314 e. The molecule has 20 heavy (non-hydrogen) atoms. The van der Waals surface area contributed by atoms with Crippen LogP contribution in [0.25, 0.3) is 0 Å². The van der Waals surface area contributed by atoms with Gasteiger partial charge in [0.1, 0.15) is 0 Å². The van der Waals surface area contributed by atoms with E-state index < -0.39 is 11.7 Å². The number of rotatable bonds is 6. The Hall–Kier alpha value is -1.03. The molecular weight excluding hydrogens is 263 g/mol. The molecule has 1 aromatic rings. The minimum absolute atomic E-state index is 0.351. The summed E-state index contributed by atoms with van der Waals surface area (Å²) < 4.78 is 37.6. The topological polar surface area (TPSA) is 12.0 Å². The molecule has 0 bridgehead atoms. The molecule has 1 N–H and O–H groups in total. The van der Waals surface area contributed by atoms with Crippen LogP contribution in [0.5, 0.6) is 0 Å². The van der Waals surface area contributed by atoms with Crippen molar-refractivity contribution in [3.8, 4) is 0 Å². The predicted molar refractivity (Wildman–Crippen MR) is 74.5 cm³/mol. The van der Waals surface area contributed by atoms with Crippen molar-refractivity contribution in [1.82, 2.24) is 5.32 Å². The maximum absolute atomic E-state index is 12.5. The highest BCUT2D eigenvalue weighted by Gasteiger charge is 2.33. The maximum Gasteiger partial charge on any atom is 0.416 e. The van der Waals surface area contributed by atoms with Gasteiger partial charge in [-0.25, -0.2) is 0 Å². The van der Waals surface area contributed by atoms with Crippen LogP contribution in [0.4, 0.5) is 13.2 Å². The van der Waals surface area contributed by atoms with Crippen molar-refractivity contribution in [3.05, 3.63) is 35.4 Å². The molecule has 1 fully saturated rings. The highest BCUT2D eigenvalue weighted by molar-refractivity contribution is 5.25. The average molecular weight is 285 g/mol. The molecule has 4 heteroatoms. The molecule has 1 aromatic carbocycles. The van der Waals surface area contributed by atoms with Gasteiger partial charge in [-0.3, -0.25) is 0 Å². The lowest BCUT2D eigenvalue weighted by molar-refractivity contribution is -0.137. The van der Waals surface area contributed by atoms with Crippen LogP contribution in [0.3, 0.4) is 0 Å². The van der Waals surface area contributed by atoms with Gasteiger partial charge in [0.2, 0.25) is 0 Å². The first-order valence-electron chi connectivity index (χ1n) is 7.31. The summed E-state index contributed by atoms with van der Waals surface area (Å²) in [4.78, 5) is 0. The van der Waals surface area contributed by atoms with Gasteiger partial charge in [-0.05, 0) is 55.3 Å². The molecule has 0 spiro atoms. The summed E-state index contributed by atoms with van der Waals surface area (Å²) in [5.74, 6) is 1.37. The normalized spacial score (nSPS) is 18.9. The van der Waals surface area contributed by atoms with E-state index in [0.29, 0.717) is 12.0 Å². The van der Waals surface area contributed by atoms with Gasteiger partial charge in [0, 0.05) is 6.04 Å². The number of hydrogen-bond acceptors (Lipinski definition) is 1. The van der Waals surface area contributed by atoms with Crippen LogP contribution in [0.1, 0.15) is 37.8 Å². The number of hydrogen-bond donors (Lipinski definition) is 1. The SMILES string of the molecule is CCNC(Cc1ccc(C(F)(F)F)cc1)C(C)C1CC1. The largest absolute Gasteiger partial charge is 0.416 e. The van der Waals surface area contributed by atoms with Gasteiger partial charge in [-0.2, -0.15) is 13.2 Å². The van der Waals surface area contributed by atoms with E-state index in [1.54, 1.807) is 12.1 Å². The van der Waals surface area contributed by atoms with Crippen LogP contribution in [0.2, 0.25) is 0 Å². The van der Waals surface area contributed by atoms with Crippen molar-refractivity contribution in [1.29, 1.82) is 0 Å². The molecule has 1 saturated carbocycles. The predicted octanol–water partition coefficient (Wildman–Crippen LogP) is 4.27. The van der Waals surface area contributed by atoms with E-state index in [1.807, 2.05) is 0 Å². The standard InChI is InChI=1S/C16H22F3N/c1-3-20-15(11(2)13-6-7-13)10-12-4-8-14(9-5-12)16(17,18)19/h4-5,8-9,11,13,15,20H,3,6-7,10H2,1-2H3. The zero-order chi connectivity index (χ0) is 14.8. The first-order valence-corrected chi connectivity index (χ1v) is 7.31. The summed E-state index contributed by atoms with van der Waals surface area (Å²) in [6.07, 6.45) is -0.878. The monoisotopic (exact) mass is 285 g/mol.